The van der Waals surface area contributed by atoms with Gasteiger partial charge in [0.05, 0.1) is 0 Å². The van der Waals surface area contributed by atoms with Gasteiger partial charge in [-0.25, -0.2) is 0 Å². The zero-order valence-electron chi connectivity index (χ0n) is 11.0. The van der Waals surface area contributed by atoms with Crippen molar-refractivity contribution in [3.05, 3.63) is 30.3 Å². The SMILES string of the molecule is CC(C)[CH2][Al][CH2]C(C)C.Oc1ccccc1. The first-order valence-electron chi connectivity index (χ1n) is 6.08. The van der Waals surface area contributed by atoms with E-state index in [0.29, 0.717) is 5.75 Å². The molecule has 16 heavy (non-hydrogen) atoms. The van der Waals surface area contributed by atoms with Crippen LogP contribution in [0.1, 0.15) is 27.7 Å². The molecule has 1 nitrogen and oxygen atoms in total. The average molecular weight is 235 g/mol. The molecule has 0 aliphatic heterocycles. The Morgan fingerprint density at radius 3 is 1.62 bits per heavy atom. The predicted molar refractivity (Wildman–Crippen MR) is 73.2 cm³/mol. The monoisotopic (exact) mass is 235 g/mol. The van der Waals surface area contributed by atoms with Gasteiger partial charge in [-0.05, 0) is 12.1 Å². The average Bonchev–Trinajstić information content (AvgIpc) is 2.18. The zero-order chi connectivity index (χ0) is 12.4. The lowest BCUT2D eigenvalue weighted by Crippen LogP contribution is -1.99. The third kappa shape index (κ3) is 11.6. The summed E-state index contributed by atoms with van der Waals surface area (Å²) in [6, 6.07) is 8.71. The van der Waals surface area contributed by atoms with Crippen LogP contribution in [0.4, 0.5) is 0 Å². The molecule has 0 aromatic heterocycles. The van der Waals surface area contributed by atoms with Gasteiger partial charge in [0.1, 0.15) is 5.75 Å². The summed E-state index contributed by atoms with van der Waals surface area (Å²) in [5, 5.41) is 11.6. The first-order valence-corrected chi connectivity index (χ1v) is 7.71. The molecule has 0 spiro atoms. The van der Waals surface area contributed by atoms with Crippen molar-refractivity contribution in [1.82, 2.24) is 0 Å². The van der Waals surface area contributed by atoms with E-state index in [0.717, 1.165) is 27.1 Å². The van der Waals surface area contributed by atoms with E-state index in [-0.39, 0.29) is 0 Å². The normalized spacial score (nSPS) is 9.88. The van der Waals surface area contributed by atoms with Crippen LogP contribution in [0, 0.1) is 11.8 Å². The first-order chi connectivity index (χ1) is 7.52. The summed E-state index contributed by atoms with van der Waals surface area (Å²) in [7, 11) is 0. The molecule has 0 atom stereocenters. The lowest BCUT2D eigenvalue weighted by molar-refractivity contribution is 0.475. The largest absolute Gasteiger partial charge is 0.508 e. The van der Waals surface area contributed by atoms with Gasteiger partial charge in [-0.15, -0.1) is 10.6 Å². The van der Waals surface area contributed by atoms with Gasteiger partial charge in [0, 0.05) is 0 Å². The van der Waals surface area contributed by atoms with Crippen molar-refractivity contribution in [3.8, 4) is 5.75 Å². The topological polar surface area (TPSA) is 20.2 Å². The fourth-order valence-electron chi connectivity index (χ4n) is 1.19. The first kappa shape index (κ1) is 15.6. The Morgan fingerprint density at radius 2 is 1.38 bits per heavy atom. The van der Waals surface area contributed by atoms with Crippen molar-refractivity contribution >= 4 is 15.2 Å². The van der Waals surface area contributed by atoms with Crippen LogP contribution in [-0.2, 0) is 0 Å². The highest BCUT2D eigenvalue weighted by Gasteiger charge is 1.98. The molecule has 2 heteroatoms. The third-order valence-corrected chi connectivity index (χ3v) is 4.58. The molecule has 1 rings (SSSR count). The van der Waals surface area contributed by atoms with Crippen LogP contribution in [0.3, 0.4) is 0 Å². The molecule has 0 heterocycles. The maximum Gasteiger partial charge on any atom is 0.200 e. The highest BCUT2D eigenvalue weighted by atomic mass is 27.1. The maximum absolute atomic E-state index is 8.63. The van der Waals surface area contributed by atoms with E-state index in [4.69, 9.17) is 5.11 Å². The molecule has 0 aliphatic rings. The molecular weight excluding hydrogens is 211 g/mol. The molecule has 1 aromatic carbocycles. The molecule has 0 unspecified atom stereocenters. The lowest BCUT2D eigenvalue weighted by atomic mass is 10.3. The second kappa shape index (κ2) is 9.76. The Morgan fingerprint density at radius 1 is 0.938 bits per heavy atom. The summed E-state index contributed by atoms with van der Waals surface area (Å²) >= 11 is 0.755. The number of hydrogen-bond acceptors (Lipinski definition) is 1. The van der Waals surface area contributed by atoms with E-state index in [9.17, 15) is 0 Å². The minimum atomic E-state index is 0.322. The van der Waals surface area contributed by atoms with Crippen LogP contribution >= 0.6 is 0 Å². The standard InChI is InChI=1S/C6H6O.2C4H9.Al/c7-6-4-2-1-3-5-6;2*1-4(2)3;/h1-5,7H;2*4H,1H2,2-3H3;. The van der Waals surface area contributed by atoms with Gasteiger partial charge < -0.3 is 5.11 Å². The fraction of sp³-hybridized carbons (Fsp3) is 0.571. The second-order valence-electron chi connectivity index (χ2n) is 4.88. The molecule has 0 saturated heterocycles. The number of phenols is 1. The number of para-hydroxylation sites is 1. The van der Waals surface area contributed by atoms with Gasteiger partial charge in [0.15, 0.2) is 0 Å². The summed E-state index contributed by atoms with van der Waals surface area (Å²) in [5.41, 5.74) is 0. The second-order valence-corrected chi connectivity index (χ2v) is 6.40. The van der Waals surface area contributed by atoms with Crippen molar-refractivity contribution in [1.29, 1.82) is 0 Å². The fourth-order valence-corrected chi connectivity index (χ4v) is 2.72. The van der Waals surface area contributed by atoms with E-state index < -0.39 is 0 Å². The van der Waals surface area contributed by atoms with Crippen molar-refractivity contribution < 1.29 is 5.11 Å². The van der Waals surface area contributed by atoms with Crippen molar-refractivity contribution in [3.63, 3.8) is 0 Å². The molecule has 1 N–H and O–H groups in total. The molecule has 0 bridgehead atoms. The van der Waals surface area contributed by atoms with E-state index in [1.807, 2.05) is 6.07 Å². The number of hydrogen-bond donors (Lipinski definition) is 1. The van der Waals surface area contributed by atoms with Gasteiger partial charge in [0.2, 0.25) is 15.2 Å². The highest BCUT2D eigenvalue weighted by molar-refractivity contribution is 6.35. The summed E-state index contributed by atoms with van der Waals surface area (Å²) < 4.78 is 0. The van der Waals surface area contributed by atoms with Crippen LogP contribution in [0.25, 0.3) is 0 Å². The van der Waals surface area contributed by atoms with Gasteiger partial charge in [0.25, 0.3) is 0 Å². The number of benzene rings is 1. The molecule has 0 aliphatic carbocycles. The van der Waals surface area contributed by atoms with Crippen molar-refractivity contribution in [2.45, 2.75) is 38.3 Å². The highest BCUT2D eigenvalue weighted by Crippen LogP contribution is 2.05. The Kier molecular flexibility index (Phi) is 9.48. The summed E-state index contributed by atoms with van der Waals surface area (Å²) in [6.07, 6.45) is 0. The minimum absolute atomic E-state index is 0.322. The Hall–Kier alpha value is -0.448. The molecule has 1 aromatic rings. The van der Waals surface area contributed by atoms with Crippen LogP contribution < -0.4 is 0 Å². The van der Waals surface area contributed by atoms with E-state index in [2.05, 4.69) is 27.7 Å². The molecule has 89 valence electrons. The van der Waals surface area contributed by atoms with Gasteiger partial charge in [-0.3, -0.25) is 0 Å². The molecule has 1 radical (unpaired) electrons. The summed E-state index contributed by atoms with van der Waals surface area (Å²) in [6.45, 7) is 9.25. The predicted octanol–water partition coefficient (Wildman–Crippen LogP) is 4.23. The molecule has 0 saturated carbocycles. The van der Waals surface area contributed by atoms with Crippen LogP contribution in [-0.4, -0.2) is 20.3 Å². The van der Waals surface area contributed by atoms with Gasteiger partial charge in [-0.2, -0.15) is 0 Å². The lowest BCUT2D eigenvalue weighted by Gasteiger charge is -2.03. The quantitative estimate of drug-likeness (QED) is 0.774. The molecule has 0 amide bonds. The smallest absolute Gasteiger partial charge is 0.200 e. The number of rotatable bonds is 4. The zero-order valence-corrected chi connectivity index (χ0v) is 12.1. The van der Waals surface area contributed by atoms with Gasteiger partial charge in [-0.1, -0.05) is 57.7 Å². The van der Waals surface area contributed by atoms with Crippen LogP contribution in [0.2, 0.25) is 10.6 Å². The van der Waals surface area contributed by atoms with E-state index in [1.165, 1.54) is 10.6 Å². The van der Waals surface area contributed by atoms with Crippen molar-refractivity contribution in [2.24, 2.45) is 11.8 Å². The summed E-state index contributed by atoms with van der Waals surface area (Å²) in [5.74, 6) is 2.18. The van der Waals surface area contributed by atoms with Crippen LogP contribution in [0.15, 0.2) is 30.3 Å². The van der Waals surface area contributed by atoms with Crippen LogP contribution in [0.5, 0.6) is 5.75 Å². The number of aromatic hydroxyl groups is 1. The van der Waals surface area contributed by atoms with E-state index >= 15 is 0 Å². The molecule has 0 fully saturated rings. The maximum atomic E-state index is 8.63. The van der Waals surface area contributed by atoms with E-state index in [1.54, 1.807) is 24.3 Å². The third-order valence-electron chi connectivity index (χ3n) is 2.03. The minimum Gasteiger partial charge on any atom is -0.508 e. The molecular formula is C14H24AlO. The Balaban J connectivity index is 0.000000288. The summed E-state index contributed by atoms with van der Waals surface area (Å²) in [4.78, 5) is 0. The van der Waals surface area contributed by atoms with Crippen molar-refractivity contribution in [2.75, 3.05) is 0 Å². The Bertz CT molecular complexity index is 236. The number of phenolic OH excluding ortho intramolecular Hbond substituents is 1. The van der Waals surface area contributed by atoms with Gasteiger partial charge >= 0.3 is 0 Å². The Labute approximate surface area is 107 Å².